The number of hydrogen-bond acceptors (Lipinski definition) is 6. The number of β-amino-alcohol motifs (C(OH)–C–C–N with tert-alkyl or cyclic N) is 1. The van der Waals surface area contributed by atoms with Gasteiger partial charge < -0.3 is 15.1 Å². The maximum absolute atomic E-state index is 12.4. The molecule has 3 heterocycles. The van der Waals surface area contributed by atoms with E-state index in [-0.39, 0.29) is 18.6 Å². The molecule has 0 spiro atoms. The van der Waals surface area contributed by atoms with Gasteiger partial charge in [0.15, 0.2) is 0 Å². The van der Waals surface area contributed by atoms with Crippen molar-refractivity contribution < 1.29 is 23.4 Å². The van der Waals surface area contributed by atoms with E-state index in [4.69, 9.17) is 0 Å². The van der Waals surface area contributed by atoms with Crippen molar-refractivity contribution in [1.29, 1.82) is 0 Å². The highest BCUT2D eigenvalue weighted by molar-refractivity contribution is 5.32. The molecule has 0 unspecified atom stereocenters. The van der Waals surface area contributed by atoms with Gasteiger partial charge in [0.1, 0.15) is 0 Å². The minimum absolute atomic E-state index is 0.0344. The van der Waals surface area contributed by atoms with Crippen LogP contribution in [-0.2, 0) is 6.42 Å². The summed E-state index contributed by atoms with van der Waals surface area (Å²) in [5, 5.41) is 20.2. The Morgan fingerprint density at radius 2 is 1.85 bits per heavy atom. The molecule has 2 aliphatic heterocycles. The Balaban J connectivity index is 1.58. The van der Waals surface area contributed by atoms with Crippen LogP contribution >= 0.6 is 0 Å². The summed E-state index contributed by atoms with van der Waals surface area (Å²) in [6.07, 6.45) is -2.48. The lowest BCUT2D eigenvalue weighted by atomic mass is 9.97. The smallest absolute Gasteiger partial charge is 0.389 e. The van der Waals surface area contributed by atoms with Gasteiger partial charge in [-0.05, 0) is 31.7 Å². The Kier molecular flexibility index (Phi) is 5.99. The summed E-state index contributed by atoms with van der Waals surface area (Å²) < 4.78 is 37.2. The summed E-state index contributed by atoms with van der Waals surface area (Å²) in [4.78, 5) is 12.5. The van der Waals surface area contributed by atoms with Crippen LogP contribution in [0, 0.1) is 0 Å². The zero-order valence-corrected chi connectivity index (χ0v) is 14.6. The van der Waals surface area contributed by atoms with Crippen molar-refractivity contribution >= 4 is 5.95 Å². The number of alkyl halides is 3. The van der Waals surface area contributed by atoms with Gasteiger partial charge in [-0.15, -0.1) is 0 Å². The largest absolute Gasteiger partial charge is 0.393 e. The average Bonchev–Trinajstić information content (AvgIpc) is 2.60. The zero-order valence-electron chi connectivity index (χ0n) is 14.6. The predicted molar refractivity (Wildman–Crippen MR) is 89.8 cm³/mol. The van der Waals surface area contributed by atoms with E-state index in [1.54, 1.807) is 0 Å². The summed E-state index contributed by atoms with van der Waals surface area (Å²) in [6.45, 7) is 2.54. The highest BCUT2D eigenvalue weighted by atomic mass is 19.4. The molecule has 2 aliphatic rings. The molecule has 0 amide bonds. The van der Waals surface area contributed by atoms with Crippen molar-refractivity contribution in [2.24, 2.45) is 0 Å². The first kappa shape index (κ1) is 19.3. The SMILES string of the molecule is OC1CCN([C@@H]2CCN(c3nccc(CCC(F)(F)F)n3)C[C@H]2O)CC1. The van der Waals surface area contributed by atoms with Crippen molar-refractivity contribution in [3.05, 3.63) is 18.0 Å². The third-order valence-electron chi connectivity index (χ3n) is 5.16. The molecule has 0 aromatic carbocycles. The Morgan fingerprint density at radius 3 is 2.50 bits per heavy atom. The van der Waals surface area contributed by atoms with Crippen molar-refractivity contribution in [3.8, 4) is 0 Å². The van der Waals surface area contributed by atoms with Crippen LogP contribution in [0.4, 0.5) is 19.1 Å². The van der Waals surface area contributed by atoms with Crippen LogP contribution in [0.15, 0.2) is 12.3 Å². The molecular weight excluding hydrogens is 349 g/mol. The minimum atomic E-state index is -4.21. The molecule has 1 aromatic rings. The van der Waals surface area contributed by atoms with Gasteiger partial charge in [-0.1, -0.05) is 0 Å². The summed E-state index contributed by atoms with van der Waals surface area (Å²) in [7, 11) is 0. The summed E-state index contributed by atoms with van der Waals surface area (Å²) in [5.74, 6) is 0.372. The summed E-state index contributed by atoms with van der Waals surface area (Å²) >= 11 is 0. The quantitative estimate of drug-likeness (QED) is 0.829. The number of aromatic nitrogens is 2. The molecule has 2 fully saturated rings. The highest BCUT2D eigenvalue weighted by Gasteiger charge is 2.34. The van der Waals surface area contributed by atoms with E-state index >= 15 is 0 Å². The predicted octanol–water partition coefficient (Wildman–Crippen LogP) is 1.37. The number of halogens is 3. The van der Waals surface area contributed by atoms with Gasteiger partial charge in [0.05, 0.1) is 12.2 Å². The van der Waals surface area contributed by atoms with E-state index in [2.05, 4.69) is 14.9 Å². The fourth-order valence-corrected chi connectivity index (χ4v) is 3.69. The van der Waals surface area contributed by atoms with Crippen LogP contribution in [0.2, 0.25) is 0 Å². The lowest BCUT2D eigenvalue weighted by Gasteiger charge is -2.43. The van der Waals surface area contributed by atoms with Gasteiger partial charge in [0.25, 0.3) is 0 Å². The Hall–Kier alpha value is -1.45. The van der Waals surface area contributed by atoms with E-state index in [9.17, 15) is 23.4 Å². The molecule has 1 aromatic heterocycles. The van der Waals surface area contributed by atoms with Crippen LogP contribution in [0.25, 0.3) is 0 Å². The van der Waals surface area contributed by atoms with Gasteiger partial charge in [0.2, 0.25) is 5.95 Å². The fourth-order valence-electron chi connectivity index (χ4n) is 3.69. The number of aliphatic hydroxyl groups excluding tert-OH is 2. The number of likely N-dealkylation sites (tertiary alicyclic amines) is 1. The Bertz CT molecular complexity index is 594. The fraction of sp³-hybridized carbons (Fsp3) is 0.765. The average molecular weight is 374 g/mol. The van der Waals surface area contributed by atoms with E-state index in [1.165, 1.54) is 12.3 Å². The molecule has 146 valence electrons. The van der Waals surface area contributed by atoms with E-state index in [0.717, 1.165) is 32.4 Å². The van der Waals surface area contributed by atoms with Gasteiger partial charge in [-0.25, -0.2) is 9.97 Å². The number of hydrogen-bond donors (Lipinski definition) is 2. The Morgan fingerprint density at radius 1 is 1.12 bits per heavy atom. The van der Waals surface area contributed by atoms with Crippen molar-refractivity contribution in [2.45, 2.75) is 56.5 Å². The van der Waals surface area contributed by atoms with E-state index in [1.807, 2.05) is 4.90 Å². The molecule has 2 saturated heterocycles. The number of piperidine rings is 2. The van der Waals surface area contributed by atoms with Gasteiger partial charge in [0, 0.05) is 50.5 Å². The first-order valence-electron chi connectivity index (χ1n) is 9.05. The second-order valence-corrected chi connectivity index (χ2v) is 7.10. The van der Waals surface area contributed by atoms with Crippen LogP contribution in [-0.4, -0.2) is 75.7 Å². The third-order valence-corrected chi connectivity index (χ3v) is 5.16. The second-order valence-electron chi connectivity index (χ2n) is 7.10. The molecule has 0 radical (unpaired) electrons. The number of anilines is 1. The lowest BCUT2D eigenvalue weighted by molar-refractivity contribution is -0.134. The van der Waals surface area contributed by atoms with Crippen molar-refractivity contribution in [3.63, 3.8) is 0 Å². The first-order chi connectivity index (χ1) is 12.3. The molecule has 6 nitrogen and oxygen atoms in total. The molecule has 0 saturated carbocycles. The topological polar surface area (TPSA) is 72.7 Å². The third kappa shape index (κ3) is 5.05. The highest BCUT2D eigenvalue weighted by Crippen LogP contribution is 2.25. The zero-order chi connectivity index (χ0) is 18.7. The molecule has 26 heavy (non-hydrogen) atoms. The minimum Gasteiger partial charge on any atom is -0.393 e. The lowest BCUT2D eigenvalue weighted by Crippen LogP contribution is -2.56. The van der Waals surface area contributed by atoms with Gasteiger partial charge in [-0.3, -0.25) is 4.90 Å². The van der Waals surface area contributed by atoms with E-state index < -0.39 is 18.7 Å². The maximum Gasteiger partial charge on any atom is 0.389 e. The number of rotatable bonds is 4. The molecule has 2 atom stereocenters. The molecular formula is C17H25F3N4O2. The van der Waals surface area contributed by atoms with Crippen LogP contribution in [0.5, 0.6) is 0 Å². The van der Waals surface area contributed by atoms with E-state index in [0.29, 0.717) is 24.7 Å². The Labute approximate surface area is 150 Å². The number of aryl methyl sites for hydroxylation is 1. The normalized spacial score (nSPS) is 26.3. The standard InChI is InChI=1S/C17H25F3N4O2/c18-17(19,20)6-1-12-2-7-21-16(22-12)24-10-5-14(15(26)11-24)23-8-3-13(25)4-9-23/h2,7,13-15,25-26H,1,3-6,8-11H2/t14-,15-/m1/s1. The second kappa shape index (κ2) is 8.06. The summed E-state index contributed by atoms with van der Waals surface area (Å²) in [5.41, 5.74) is 0.356. The monoisotopic (exact) mass is 374 g/mol. The van der Waals surface area contributed by atoms with Gasteiger partial charge >= 0.3 is 6.18 Å². The molecule has 0 aliphatic carbocycles. The molecule has 9 heteroatoms. The summed E-state index contributed by atoms with van der Waals surface area (Å²) in [6, 6.07) is 1.53. The van der Waals surface area contributed by atoms with Crippen LogP contribution in [0.1, 0.15) is 31.4 Å². The number of nitrogens with zero attached hydrogens (tertiary/aromatic N) is 4. The van der Waals surface area contributed by atoms with Crippen LogP contribution in [0.3, 0.4) is 0 Å². The van der Waals surface area contributed by atoms with Crippen molar-refractivity contribution in [1.82, 2.24) is 14.9 Å². The van der Waals surface area contributed by atoms with Gasteiger partial charge in [-0.2, -0.15) is 13.2 Å². The maximum atomic E-state index is 12.4. The first-order valence-corrected chi connectivity index (χ1v) is 9.05. The molecule has 0 bridgehead atoms. The molecule has 3 rings (SSSR count). The van der Waals surface area contributed by atoms with Crippen LogP contribution < -0.4 is 4.90 Å². The molecule has 2 N–H and O–H groups in total. The number of aliphatic hydroxyl groups is 2. The van der Waals surface area contributed by atoms with Crippen molar-refractivity contribution in [2.75, 3.05) is 31.1 Å².